The maximum atomic E-state index is 13.2. The highest BCUT2D eigenvalue weighted by Crippen LogP contribution is 2.24. The zero-order chi connectivity index (χ0) is 18.5. The molecule has 0 radical (unpaired) electrons. The minimum absolute atomic E-state index is 0.255. The van der Waals surface area contributed by atoms with E-state index in [0.29, 0.717) is 19.6 Å². The minimum atomic E-state index is -0.255. The van der Waals surface area contributed by atoms with E-state index in [4.69, 9.17) is 4.42 Å². The van der Waals surface area contributed by atoms with Gasteiger partial charge in [0.2, 0.25) is 0 Å². The van der Waals surface area contributed by atoms with Gasteiger partial charge < -0.3 is 4.42 Å². The van der Waals surface area contributed by atoms with E-state index in [1.165, 1.54) is 12.1 Å². The van der Waals surface area contributed by atoms with Crippen LogP contribution in [0.4, 0.5) is 4.39 Å². The molecule has 6 heteroatoms. The number of benzene rings is 1. The molecule has 4 rings (SSSR count). The van der Waals surface area contributed by atoms with E-state index in [2.05, 4.69) is 20.1 Å². The van der Waals surface area contributed by atoms with Gasteiger partial charge in [-0.2, -0.15) is 5.10 Å². The molecular weight excluding hydrogens is 343 g/mol. The van der Waals surface area contributed by atoms with Gasteiger partial charge >= 0.3 is 0 Å². The lowest BCUT2D eigenvalue weighted by molar-refractivity contribution is 0.224. The number of H-pyrrole nitrogens is 1. The monoisotopic (exact) mass is 362 g/mol. The van der Waals surface area contributed by atoms with E-state index in [0.717, 1.165) is 28.3 Å². The van der Waals surface area contributed by atoms with Crippen molar-refractivity contribution in [3.8, 4) is 11.3 Å². The fraction of sp³-hybridized carbons (Fsp3) is 0.143. The molecule has 5 nitrogen and oxygen atoms in total. The molecule has 27 heavy (non-hydrogen) atoms. The maximum Gasteiger partial charge on any atom is 0.123 e. The number of halogens is 1. The molecule has 1 N–H and O–H groups in total. The first-order valence-electron chi connectivity index (χ1n) is 8.71. The molecule has 0 spiro atoms. The maximum absolute atomic E-state index is 13.2. The molecule has 0 unspecified atom stereocenters. The molecule has 0 amide bonds. The summed E-state index contributed by atoms with van der Waals surface area (Å²) >= 11 is 0. The third kappa shape index (κ3) is 4.30. The number of rotatable bonds is 7. The summed E-state index contributed by atoms with van der Waals surface area (Å²) in [6, 6.07) is 16.1. The molecule has 0 bridgehead atoms. The van der Waals surface area contributed by atoms with Crippen LogP contribution in [-0.4, -0.2) is 20.1 Å². The summed E-state index contributed by atoms with van der Waals surface area (Å²) in [5.74, 6) is 0.632. The van der Waals surface area contributed by atoms with Crippen molar-refractivity contribution in [1.82, 2.24) is 20.1 Å². The number of nitrogens with one attached hydrogen (secondary N) is 1. The van der Waals surface area contributed by atoms with Crippen LogP contribution in [0.15, 0.2) is 77.7 Å². The van der Waals surface area contributed by atoms with Crippen LogP contribution < -0.4 is 0 Å². The van der Waals surface area contributed by atoms with Gasteiger partial charge in [-0.25, -0.2) is 4.39 Å². The van der Waals surface area contributed by atoms with Crippen molar-refractivity contribution in [3.05, 3.63) is 96.1 Å². The van der Waals surface area contributed by atoms with E-state index in [-0.39, 0.29) is 5.82 Å². The Kier molecular flexibility index (Phi) is 5.07. The van der Waals surface area contributed by atoms with Crippen LogP contribution in [0.3, 0.4) is 0 Å². The van der Waals surface area contributed by atoms with Gasteiger partial charge in [-0.1, -0.05) is 6.07 Å². The Balaban J connectivity index is 1.58. The Hall–Kier alpha value is -3.25. The van der Waals surface area contributed by atoms with E-state index in [9.17, 15) is 4.39 Å². The SMILES string of the molecule is Fc1ccc(-c2[nH]ncc2CN(Cc2ccccn2)Cc2ccco2)cc1. The number of nitrogens with zero attached hydrogens (tertiary/aromatic N) is 3. The lowest BCUT2D eigenvalue weighted by Crippen LogP contribution is -2.22. The summed E-state index contributed by atoms with van der Waals surface area (Å²) in [6.07, 6.45) is 5.28. The fourth-order valence-electron chi connectivity index (χ4n) is 3.05. The lowest BCUT2D eigenvalue weighted by Gasteiger charge is -2.21. The lowest BCUT2D eigenvalue weighted by atomic mass is 10.1. The van der Waals surface area contributed by atoms with Crippen LogP contribution in [0.1, 0.15) is 17.0 Å². The van der Waals surface area contributed by atoms with Crippen molar-refractivity contribution in [2.45, 2.75) is 19.6 Å². The Morgan fingerprint density at radius 2 is 1.85 bits per heavy atom. The van der Waals surface area contributed by atoms with Gasteiger partial charge in [0.05, 0.1) is 30.4 Å². The van der Waals surface area contributed by atoms with Crippen molar-refractivity contribution >= 4 is 0 Å². The highest BCUT2D eigenvalue weighted by molar-refractivity contribution is 5.62. The first kappa shape index (κ1) is 17.2. The summed E-state index contributed by atoms with van der Waals surface area (Å²) in [7, 11) is 0. The van der Waals surface area contributed by atoms with Crippen LogP contribution in [0.2, 0.25) is 0 Å². The van der Waals surface area contributed by atoms with Gasteiger partial charge in [-0.3, -0.25) is 15.0 Å². The summed E-state index contributed by atoms with van der Waals surface area (Å²) < 4.78 is 18.8. The third-order valence-electron chi connectivity index (χ3n) is 4.32. The standard InChI is InChI=1S/C21H19FN4O/c22-18-8-6-16(7-9-18)21-17(12-24-25-21)13-26(15-20-5-3-11-27-20)14-19-4-1-2-10-23-19/h1-12H,13-15H2,(H,24,25). The van der Waals surface area contributed by atoms with Crippen LogP contribution in [-0.2, 0) is 19.6 Å². The Morgan fingerprint density at radius 1 is 0.963 bits per heavy atom. The summed E-state index contributed by atoms with van der Waals surface area (Å²) in [5.41, 5.74) is 3.81. The van der Waals surface area contributed by atoms with Gasteiger partial charge in [0, 0.05) is 30.4 Å². The smallest absolute Gasteiger partial charge is 0.123 e. The highest BCUT2D eigenvalue weighted by Gasteiger charge is 2.15. The quantitative estimate of drug-likeness (QED) is 0.529. The zero-order valence-corrected chi connectivity index (χ0v) is 14.7. The number of furan rings is 1. The predicted octanol–water partition coefficient (Wildman–Crippen LogP) is 4.41. The molecule has 136 valence electrons. The number of hydrogen-bond donors (Lipinski definition) is 1. The molecule has 4 aromatic rings. The summed E-state index contributed by atoms with van der Waals surface area (Å²) in [5, 5.41) is 7.23. The highest BCUT2D eigenvalue weighted by atomic mass is 19.1. The second-order valence-electron chi connectivity index (χ2n) is 6.32. The third-order valence-corrected chi connectivity index (χ3v) is 4.32. The van der Waals surface area contributed by atoms with Gasteiger partial charge in [-0.15, -0.1) is 0 Å². The van der Waals surface area contributed by atoms with Gasteiger partial charge in [-0.05, 0) is 48.5 Å². The van der Waals surface area contributed by atoms with Crippen molar-refractivity contribution < 1.29 is 8.81 Å². The number of aromatic nitrogens is 3. The molecule has 0 aliphatic rings. The van der Waals surface area contributed by atoms with E-state index in [1.54, 1.807) is 24.6 Å². The van der Waals surface area contributed by atoms with Crippen LogP contribution in [0.5, 0.6) is 0 Å². The summed E-state index contributed by atoms with van der Waals surface area (Å²) in [6.45, 7) is 1.98. The second kappa shape index (κ2) is 7.97. The number of aromatic amines is 1. The van der Waals surface area contributed by atoms with Gasteiger partial charge in [0.1, 0.15) is 11.6 Å². The molecule has 1 aromatic carbocycles. The first-order chi connectivity index (χ1) is 13.3. The molecular formula is C21H19FN4O. The van der Waals surface area contributed by atoms with Gasteiger partial charge in [0.15, 0.2) is 0 Å². The molecule has 3 heterocycles. The summed E-state index contributed by atoms with van der Waals surface area (Å²) in [4.78, 5) is 6.67. The normalized spacial score (nSPS) is 11.2. The molecule has 0 saturated heterocycles. The number of pyridine rings is 1. The van der Waals surface area contributed by atoms with Crippen molar-refractivity contribution in [2.24, 2.45) is 0 Å². The largest absolute Gasteiger partial charge is 0.468 e. The van der Waals surface area contributed by atoms with Crippen molar-refractivity contribution in [1.29, 1.82) is 0 Å². The fourth-order valence-corrected chi connectivity index (χ4v) is 3.05. The van der Waals surface area contributed by atoms with Crippen LogP contribution in [0.25, 0.3) is 11.3 Å². The molecule has 0 fully saturated rings. The van der Waals surface area contributed by atoms with E-state index >= 15 is 0 Å². The van der Waals surface area contributed by atoms with Gasteiger partial charge in [0.25, 0.3) is 0 Å². The Labute approximate surface area is 156 Å². The average molecular weight is 362 g/mol. The molecule has 0 aliphatic heterocycles. The van der Waals surface area contributed by atoms with Crippen LogP contribution >= 0.6 is 0 Å². The Morgan fingerprint density at radius 3 is 2.59 bits per heavy atom. The molecule has 0 atom stereocenters. The minimum Gasteiger partial charge on any atom is -0.468 e. The van der Waals surface area contributed by atoms with E-state index in [1.807, 2.05) is 36.5 Å². The topological polar surface area (TPSA) is 58.0 Å². The zero-order valence-electron chi connectivity index (χ0n) is 14.7. The first-order valence-corrected chi connectivity index (χ1v) is 8.71. The second-order valence-corrected chi connectivity index (χ2v) is 6.32. The predicted molar refractivity (Wildman–Crippen MR) is 99.9 cm³/mol. The van der Waals surface area contributed by atoms with Crippen molar-refractivity contribution in [2.75, 3.05) is 0 Å². The average Bonchev–Trinajstić information content (AvgIpc) is 3.35. The number of hydrogen-bond acceptors (Lipinski definition) is 4. The van der Waals surface area contributed by atoms with Crippen LogP contribution in [0, 0.1) is 5.82 Å². The molecule has 3 aromatic heterocycles. The van der Waals surface area contributed by atoms with E-state index < -0.39 is 0 Å². The Bertz CT molecular complexity index is 965. The molecule has 0 aliphatic carbocycles. The van der Waals surface area contributed by atoms with Crippen molar-refractivity contribution in [3.63, 3.8) is 0 Å². The molecule has 0 saturated carbocycles.